The fourth-order valence-electron chi connectivity index (χ4n) is 1.47. The van der Waals surface area contributed by atoms with E-state index in [0.29, 0.717) is 11.9 Å². The molecule has 0 saturated heterocycles. The van der Waals surface area contributed by atoms with E-state index in [4.69, 9.17) is 9.84 Å². The summed E-state index contributed by atoms with van der Waals surface area (Å²) in [6, 6.07) is 0. The highest BCUT2D eigenvalue weighted by Gasteiger charge is 2.34. The van der Waals surface area contributed by atoms with Crippen molar-refractivity contribution in [3.05, 3.63) is 23.8 Å². The van der Waals surface area contributed by atoms with E-state index in [1.807, 2.05) is 0 Å². The van der Waals surface area contributed by atoms with Gasteiger partial charge in [0, 0.05) is 25.7 Å². The largest absolute Gasteiger partial charge is 0.396 e. The minimum Gasteiger partial charge on any atom is -0.396 e. The fourth-order valence-corrected chi connectivity index (χ4v) is 1.47. The first kappa shape index (κ1) is 11.1. The summed E-state index contributed by atoms with van der Waals surface area (Å²) in [6.45, 7) is -0.134. The summed E-state index contributed by atoms with van der Waals surface area (Å²) >= 11 is 0. The van der Waals surface area contributed by atoms with E-state index in [-0.39, 0.29) is 13.0 Å². The number of ether oxygens (including phenoxy) is 1. The summed E-state index contributed by atoms with van der Waals surface area (Å²) in [7, 11) is 1.45. The van der Waals surface area contributed by atoms with Gasteiger partial charge in [0.25, 0.3) is 0 Å². The monoisotopic (exact) mass is 198 g/mol. The third-order valence-corrected chi connectivity index (χ3v) is 2.30. The Hall–Kier alpha value is -0.970. The third kappa shape index (κ3) is 2.09. The van der Waals surface area contributed by atoms with Crippen molar-refractivity contribution in [2.75, 3.05) is 13.7 Å². The van der Waals surface area contributed by atoms with Crippen LogP contribution < -0.4 is 0 Å². The zero-order valence-corrected chi connectivity index (χ0v) is 8.01. The molecule has 2 unspecified atom stereocenters. The molecule has 2 N–H and O–H groups in total. The molecule has 0 heterocycles. The molecule has 2 atom stereocenters. The molecule has 0 spiro atoms. The average Bonchev–Trinajstić information content (AvgIpc) is 2.19. The minimum absolute atomic E-state index is 0.134. The molecule has 0 fully saturated rings. The number of hydrogen-bond acceptors (Lipinski definition) is 4. The van der Waals surface area contributed by atoms with Gasteiger partial charge in [-0.15, -0.1) is 0 Å². The van der Waals surface area contributed by atoms with Gasteiger partial charge in [-0.25, -0.2) is 0 Å². The first-order chi connectivity index (χ1) is 6.66. The smallest absolute Gasteiger partial charge is 0.149 e. The SMILES string of the molecule is COC1C=C(C=O)C=CC1(O)CCO. The van der Waals surface area contributed by atoms with Crippen LogP contribution in [-0.2, 0) is 9.53 Å². The van der Waals surface area contributed by atoms with Crippen molar-refractivity contribution in [3.63, 3.8) is 0 Å². The van der Waals surface area contributed by atoms with Crippen molar-refractivity contribution in [3.8, 4) is 0 Å². The van der Waals surface area contributed by atoms with Gasteiger partial charge in [0.2, 0.25) is 0 Å². The predicted octanol–water partition coefficient (Wildman–Crippen LogP) is -0.190. The van der Waals surface area contributed by atoms with Crippen LogP contribution in [0.25, 0.3) is 0 Å². The summed E-state index contributed by atoms with van der Waals surface area (Å²) in [4.78, 5) is 10.5. The van der Waals surface area contributed by atoms with Crippen LogP contribution in [0.2, 0.25) is 0 Å². The Balaban J connectivity index is 2.87. The first-order valence-electron chi connectivity index (χ1n) is 4.38. The molecule has 4 heteroatoms. The Kier molecular flexibility index (Phi) is 3.57. The predicted molar refractivity (Wildman–Crippen MR) is 50.7 cm³/mol. The van der Waals surface area contributed by atoms with Crippen molar-refractivity contribution < 1.29 is 19.7 Å². The Morgan fingerprint density at radius 1 is 1.71 bits per heavy atom. The second-order valence-corrected chi connectivity index (χ2v) is 3.24. The van der Waals surface area contributed by atoms with Gasteiger partial charge in [0.1, 0.15) is 18.0 Å². The second kappa shape index (κ2) is 4.50. The molecule has 14 heavy (non-hydrogen) atoms. The van der Waals surface area contributed by atoms with Crippen LogP contribution in [0.1, 0.15) is 6.42 Å². The molecular formula is C10H14O4. The number of rotatable bonds is 4. The molecule has 0 radical (unpaired) electrons. The van der Waals surface area contributed by atoms with Gasteiger partial charge in [0.15, 0.2) is 0 Å². The number of carbonyl (C=O) groups is 1. The van der Waals surface area contributed by atoms with Gasteiger partial charge >= 0.3 is 0 Å². The number of aliphatic hydroxyl groups is 2. The van der Waals surface area contributed by atoms with Crippen molar-refractivity contribution in [1.82, 2.24) is 0 Å². The molecule has 1 aliphatic carbocycles. The highest BCUT2D eigenvalue weighted by Crippen LogP contribution is 2.26. The number of methoxy groups -OCH3 is 1. The first-order valence-corrected chi connectivity index (χ1v) is 4.38. The zero-order chi connectivity index (χ0) is 10.6. The second-order valence-electron chi connectivity index (χ2n) is 3.24. The van der Waals surface area contributed by atoms with Crippen LogP contribution in [0.15, 0.2) is 23.8 Å². The van der Waals surface area contributed by atoms with Crippen LogP contribution in [0.5, 0.6) is 0 Å². The highest BCUT2D eigenvalue weighted by atomic mass is 16.5. The van der Waals surface area contributed by atoms with Gasteiger partial charge in [-0.2, -0.15) is 0 Å². The van der Waals surface area contributed by atoms with Crippen molar-refractivity contribution in [2.24, 2.45) is 0 Å². The van der Waals surface area contributed by atoms with Gasteiger partial charge in [-0.1, -0.05) is 6.08 Å². The molecule has 78 valence electrons. The summed E-state index contributed by atoms with van der Waals surface area (Å²) in [5.74, 6) is 0. The molecule has 1 aliphatic rings. The number of aliphatic hydroxyl groups excluding tert-OH is 1. The van der Waals surface area contributed by atoms with E-state index in [1.54, 1.807) is 6.08 Å². The van der Waals surface area contributed by atoms with Gasteiger partial charge in [-0.3, -0.25) is 4.79 Å². The minimum atomic E-state index is -1.21. The Morgan fingerprint density at radius 3 is 2.93 bits per heavy atom. The van der Waals surface area contributed by atoms with Crippen LogP contribution in [0.4, 0.5) is 0 Å². The fraction of sp³-hybridized carbons (Fsp3) is 0.500. The summed E-state index contributed by atoms with van der Waals surface area (Å²) in [5.41, 5.74) is -0.741. The van der Waals surface area contributed by atoms with E-state index in [0.717, 1.165) is 0 Å². The normalized spacial score (nSPS) is 31.4. The van der Waals surface area contributed by atoms with E-state index < -0.39 is 11.7 Å². The average molecular weight is 198 g/mol. The van der Waals surface area contributed by atoms with Gasteiger partial charge < -0.3 is 14.9 Å². The molecule has 1 rings (SSSR count). The summed E-state index contributed by atoms with van der Waals surface area (Å²) in [5, 5.41) is 18.8. The van der Waals surface area contributed by atoms with E-state index in [2.05, 4.69) is 0 Å². The molecule has 0 aliphatic heterocycles. The van der Waals surface area contributed by atoms with E-state index in [9.17, 15) is 9.90 Å². The summed E-state index contributed by atoms with van der Waals surface area (Å²) in [6.07, 6.45) is 4.85. The van der Waals surface area contributed by atoms with Crippen LogP contribution >= 0.6 is 0 Å². The Morgan fingerprint density at radius 2 is 2.43 bits per heavy atom. The number of carbonyl (C=O) groups excluding carboxylic acids is 1. The molecule has 0 aromatic rings. The lowest BCUT2D eigenvalue weighted by Crippen LogP contribution is -2.43. The lowest BCUT2D eigenvalue weighted by atomic mass is 9.87. The standard InChI is InChI=1S/C10H14O4/c1-14-9-6-8(7-12)2-3-10(9,13)4-5-11/h2-3,6-7,9,11,13H,4-5H2,1H3. The van der Waals surface area contributed by atoms with Crippen LogP contribution in [0, 0.1) is 0 Å². The van der Waals surface area contributed by atoms with E-state index in [1.165, 1.54) is 19.3 Å². The number of hydrogen-bond donors (Lipinski definition) is 2. The Bertz CT molecular complexity index is 269. The molecular weight excluding hydrogens is 184 g/mol. The molecule has 0 aromatic heterocycles. The molecule has 0 bridgehead atoms. The third-order valence-electron chi connectivity index (χ3n) is 2.30. The lowest BCUT2D eigenvalue weighted by Gasteiger charge is -2.32. The van der Waals surface area contributed by atoms with Gasteiger partial charge in [0.05, 0.1) is 0 Å². The van der Waals surface area contributed by atoms with Gasteiger partial charge in [-0.05, 0) is 12.2 Å². The topological polar surface area (TPSA) is 66.8 Å². The molecule has 4 nitrogen and oxygen atoms in total. The maximum atomic E-state index is 10.5. The quantitative estimate of drug-likeness (QED) is 0.614. The van der Waals surface area contributed by atoms with Crippen molar-refractivity contribution >= 4 is 6.29 Å². The van der Waals surface area contributed by atoms with E-state index >= 15 is 0 Å². The molecule has 0 saturated carbocycles. The summed E-state index contributed by atoms with van der Waals surface area (Å²) < 4.78 is 5.04. The number of allylic oxidation sites excluding steroid dienone is 2. The van der Waals surface area contributed by atoms with Crippen molar-refractivity contribution in [1.29, 1.82) is 0 Å². The number of aldehydes is 1. The molecule has 0 aromatic carbocycles. The maximum absolute atomic E-state index is 10.5. The lowest BCUT2D eigenvalue weighted by molar-refractivity contribution is -0.105. The zero-order valence-electron chi connectivity index (χ0n) is 8.01. The molecule has 0 amide bonds. The van der Waals surface area contributed by atoms with Crippen LogP contribution in [-0.4, -0.2) is 41.9 Å². The maximum Gasteiger partial charge on any atom is 0.149 e. The van der Waals surface area contributed by atoms with Crippen molar-refractivity contribution in [2.45, 2.75) is 18.1 Å². The Labute approximate surface area is 82.5 Å². The highest BCUT2D eigenvalue weighted by molar-refractivity contribution is 5.78. The van der Waals surface area contributed by atoms with Crippen LogP contribution in [0.3, 0.4) is 0 Å².